The lowest BCUT2D eigenvalue weighted by atomic mass is 9.35. The number of hydrogen-bond donors (Lipinski definition) is 16. The summed E-state index contributed by atoms with van der Waals surface area (Å²) in [5.41, 5.74) is -3.71. The van der Waals surface area contributed by atoms with E-state index >= 15 is 0 Å². The average molecular weight is 1220 g/mol. The molecule has 5 saturated heterocycles. The lowest BCUT2D eigenvalue weighted by Crippen LogP contribution is -2.70. The van der Waals surface area contributed by atoms with Crippen molar-refractivity contribution < 1.29 is 134 Å². The molecule has 16 N–H and O–H groups in total. The molecule has 85 heavy (non-hydrogen) atoms. The molecular weight excluding hydrogens is 1130 g/mol. The van der Waals surface area contributed by atoms with Crippen LogP contribution in [-0.2, 0) is 52.2 Å². The molecule has 488 valence electrons. The Hall–Kier alpha value is -1.79. The van der Waals surface area contributed by atoms with Crippen LogP contribution in [0.4, 0.5) is 0 Å². The van der Waals surface area contributed by atoms with E-state index < -0.39 is 206 Å². The van der Waals surface area contributed by atoms with Crippen molar-refractivity contribution in [2.75, 3.05) is 19.8 Å². The Morgan fingerprint density at radius 2 is 1.11 bits per heavy atom. The van der Waals surface area contributed by atoms with Crippen LogP contribution in [0.5, 0.6) is 0 Å². The summed E-state index contributed by atoms with van der Waals surface area (Å²) < 4.78 is 61.1. The Morgan fingerprint density at radius 1 is 0.553 bits per heavy atom. The number of rotatable bonds is 13. The van der Waals surface area contributed by atoms with Gasteiger partial charge in [-0.1, -0.05) is 47.6 Å². The number of ether oxygens (including phenoxy) is 10. The fourth-order valence-corrected chi connectivity index (χ4v) is 17.4. The van der Waals surface area contributed by atoms with Crippen LogP contribution >= 0.6 is 0 Å². The van der Waals surface area contributed by atoms with Crippen LogP contribution in [0.25, 0.3) is 0 Å². The van der Waals surface area contributed by atoms with Crippen LogP contribution < -0.4 is 0 Å². The van der Waals surface area contributed by atoms with Gasteiger partial charge >= 0.3 is 5.97 Å². The molecule has 27 nitrogen and oxygen atoms in total. The molecular formula is C58H94O27. The number of fused-ring (bicyclic) bond motifs is 7. The van der Waals surface area contributed by atoms with Gasteiger partial charge in [0.25, 0.3) is 0 Å². The molecule has 0 amide bonds. The molecule has 0 bridgehead atoms. The fourth-order valence-electron chi connectivity index (χ4n) is 17.4. The highest BCUT2D eigenvalue weighted by molar-refractivity contribution is 5.73. The van der Waals surface area contributed by atoms with Gasteiger partial charge in [0.05, 0.1) is 49.8 Å². The molecule has 0 radical (unpaired) electrons. The number of carboxylic acids is 1. The second kappa shape index (κ2) is 24.0. The Morgan fingerprint density at radius 3 is 1.68 bits per heavy atom. The molecule has 5 aliphatic carbocycles. The molecule has 9 fully saturated rings. The van der Waals surface area contributed by atoms with Gasteiger partial charge in [-0.15, -0.1) is 0 Å². The van der Waals surface area contributed by atoms with Crippen LogP contribution in [0.2, 0.25) is 0 Å². The zero-order valence-corrected chi connectivity index (χ0v) is 49.5. The van der Waals surface area contributed by atoms with Crippen molar-refractivity contribution in [1.82, 2.24) is 0 Å². The maximum Gasteiger partial charge on any atom is 0.335 e. The minimum absolute atomic E-state index is 0.149. The first-order valence-corrected chi connectivity index (χ1v) is 30.3. The minimum atomic E-state index is -2.15. The van der Waals surface area contributed by atoms with Gasteiger partial charge in [-0.2, -0.15) is 0 Å². The van der Waals surface area contributed by atoms with E-state index in [1.165, 1.54) is 13.8 Å². The number of aliphatic hydroxyl groups excluding tert-OH is 14. The van der Waals surface area contributed by atoms with E-state index in [-0.39, 0.29) is 36.2 Å². The van der Waals surface area contributed by atoms with Crippen LogP contribution in [0.1, 0.15) is 113 Å². The predicted molar refractivity (Wildman–Crippen MR) is 285 cm³/mol. The Balaban J connectivity index is 0.898. The molecule has 10 aliphatic rings. The maximum absolute atomic E-state index is 13.7. The average Bonchev–Trinajstić information content (AvgIpc) is 0.702. The third kappa shape index (κ3) is 11.0. The van der Waals surface area contributed by atoms with Gasteiger partial charge in [-0.05, 0) is 106 Å². The Kier molecular flexibility index (Phi) is 18.7. The SMILES string of the molecule is CC1OC(OC2C(OC3CC(C)(C)CC4C5=CCC6C7(C)CCC(OC8OC(C(=O)O)C(O)C(O)C8OC8OC(CO)C(O)C(O)C8OC8OC(C)C(O)C(O)C8O)C(C)(CO)C7CCC6(C)C5(O)CCC34C)OCC(O)C2O)C(O)C(O)C1O. The van der Waals surface area contributed by atoms with E-state index in [1.807, 2.05) is 6.92 Å². The standard InChI is InChI=1S/C58H94O27/c1-22-32(62)36(66)41(71)48(77-22)83-44-34(64)26(61)20-76-50(44)81-31-18-53(3,4)17-25-24-9-10-29-55(6)13-12-30(56(7,21-60)28(55)11-14-57(29,8)58(24,75)16-15-54(25,31)5)80-52-46(40(70)39(69)43(82-52)47(73)74)85-51-45(38(68)35(65)27(19-59)79-51)84-49-42(72)37(67)33(63)23(2)78-49/h9,22-23,25-46,48-52,59-72,75H,10-21H2,1-8H3,(H,73,74). The highest BCUT2D eigenvalue weighted by Crippen LogP contribution is 2.73. The molecule has 34 atom stereocenters. The summed E-state index contributed by atoms with van der Waals surface area (Å²) >= 11 is 0. The smallest absolute Gasteiger partial charge is 0.335 e. The van der Waals surface area contributed by atoms with Crippen molar-refractivity contribution >= 4 is 5.97 Å². The van der Waals surface area contributed by atoms with Crippen molar-refractivity contribution in [3.63, 3.8) is 0 Å². The molecule has 0 spiro atoms. The summed E-state index contributed by atoms with van der Waals surface area (Å²) in [5.74, 6) is -2.31. The molecule has 27 heteroatoms. The largest absolute Gasteiger partial charge is 0.479 e. The van der Waals surface area contributed by atoms with Crippen LogP contribution in [0.3, 0.4) is 0 Å². The van der Waals surface area contributed by atoms with Crippen molar-refractivity contribution in [1.29, 1.82) is 0 Å². The van der Waals surface area contributed by atoms with Crippen molar-refractivity contribution in [3.05, 3.63) is 11.6 Å². The highest BCUT2D eigenvalue weighted by Gasteiger charge is 2.71. The van der Waals surface area contributed by atoms with Gasteiger partial charge in [0.2, 0.25) is 0 Å². The van der Waals surface area contributed by atoms with E-state index in [0.717, 1.165) is 5.57 Å². The number of allylic oxidation sites excluding steroid dienone is 1. The van der Waals surface area contributed by atoms with E-state index in [4.69, 9.17) is 47.4 Å². The molecule has 5 heterocycles. The summed E-state index contributed by atoms with van der Waals surface area (Å²) in [4.78, 5) is 12.6. The van der Waals surface area contributed by atoms with Gasteiger partial charge < -0.3 is 129 Å². The number of aliphatic carboxylic acids is 1. The predicted octanol–water partition coefficient (Wildman–Crippen LogP) is -3.26. The van der Waals surface area contributed by atoms with E-state index in [0.29, 0.717) is 51.4 Å². The molecule has 4 saturated carbocycles. The third-order valence-corrected chi connectivity index (χ3v) is 22.7. The minimum Gasteiger partial charge on any atom is -0.479 e. The van der Waals surface area contributed by atoms with E-state index in [9.17, 15) is 86.5 Å². The monoisotopic (exact) mass is 1220 g/mol. The first-order chi connectivity index (χ1) is 39.7. The first kappa shape index (κ1) is 66.1. The zero-order valence-electron chi connectivity index (χ0n) is 49.5. The lowest BCUT2D eigenvalue weighted by Gasteiger charge is -2.71. The number of hydrogen-bond acceptors (Lipinski definition) is 26. The molecule has 10 rings (SSSR count). The van der Waals surface area contributed by atoms with Crippen LogP contribution in [0, 0.1) is 44.8 Å². The Labute approximate surface area is 493 Å². The number of aliphatic hydroxyl groups is 15. The van der Waals surface area contributed by atoms with Crippen LogP contribution in [0.15, 0.2) is 11.6 Å². The second-order valence-electron chi connectivity index (χ2n) is 28.3. The normalized spacial score (nSPS) is 56.2. The van der Waals surface area contributed by atoms with Gasteiger partial charge in [-0.25, -0.2) is 4.79 Å². The molecule has 34 unspecified atom stereocenters. The van der Waals surface area contributed by atoms with Gasteiger partial charge in [0.1, 0.15) is 97.7 Å². The Bertz CT molecular complexity index is 2390. The summed E-state index contributed by atoms with van der Waals surface area (Å²) in [6.45, 7) is 13.9. The summed E-state index contributed by atoms with van der Waals surface area (Å²) in [5, 5.41) is 177. The quantitative estimate of drug-likeness (QED) is 0.0636. The molecule has 0 aromatic heterocycles. The van der Waals surface area contributed by atoms with Crippen molar-refractivity contribution in [2.24, 2.45) is 44.8 Å². The fraction of sp³-hybridized carbons (Fsp3) is 0.948. The maximum atomic E-state index is 13.7. The first-order valence-electron chi connectivity index (χ1n) is 30.3. The number of carbonyl (C=O) groups is 1. The van der Waals surface area contributed by atoms with Gasteiger partial charge in [-0.3, -0.25) is 0 Å². The van der Waals surface area contributed by atoms with E-state index in [1.54, 1.807) is 0 Å². The van der Waals surface area contributed by atoms with Crippen molar-refractivity contribution in [2.45, 2.75) is 278 Å². The summed E-state index contributed by atoms with van der Waals surface area (Å²) in [6.07, 6.45) is -34.9. The van der Waals surface area contributed by atoms with Gasteiger partial charge in [0, 0.05) is 16.2 Å². The van der Waals surface area contributed by atoms with E-state index in [2.05, 4.69) is 40.7 Å². The third-order valence-electron chi connectivity index (χ3n) is 22.7. The lowest BCUT2D eigenvalue weighted by molar-refractivity contribution is -0.396. The topological polar surface area (TPSA) is 433 Å². The molecule has 0 aromatic rings. The van der Waals surface area contributed by atoms with Crippen molar-refractivity contribution in [3.8, 4) is 0 Å². The van der Waals surface area contributed by atoms with Gasteiger partial charge in [0.15, 0.2) is 37.6 Å². The summed E-state index contributed by atoms with van der Waals surface area (Å²) in [6, 6.07) is 0. The molecule has 0 aromatic carbocycles. The molecule has 5 aliphatic heterocycles. The number of carboxylic acid groups (broad SMARTS) is 1. The zero-order chi connectivity index (χ0) is 62.2. The van der Waals surface area contributed by atoms with Crippen LogP contribution in [-0.4, -0.2) is 273 Å². The summed E-state index contributed by atoms with van der Waals surface area (Å²) in [7, 11) is 0. The highest BCUT2D eigenvalue weighted by atomic mass is 16.8. The second-order valence-corrected chi connectivity index (χ2v) is 28.3.